The van der Waals surface area contributed by atoms with Gasteiger partial charge in [-0.15, -0.1) is 0 Å². The van der Waals surface area contributed by atoms with Gasteiger partial charge in [0.2, 0.25) is 0 Å². The van der Waals surface area contributed by atoms with Gasteiger partial charge in [0.15, 0.2) is 17.5 Å². The van der Waals surface area contributed by atoms with Crippen molar-refractivity contribution in [3.63, 3.8) is 0 Å². The van der Waals surface area contributed by atoms with E-state index in [2.05, 4.69) is 447 Å². The van der Waals surface area contributed by atoms with Gasteiger partial charge >= 0.3 is 0 Å². The van der Waals surface area contributed by atoms with Crippen LogP contribution in [0.2, 0.25) is 0 Å². The van der Waals surface area contributed by atoms with E-state index in [9.17, 15) is 0 Å². The second kappa shape index (κ2) is 34.7. The Kier molecular flexibility index (Phi) is 20.9. The van der Waals surface area contributed by atoms with Crippen LogP contribution in [0.15, 0.2) is 492 Å². The minimum absolute atomic E-state index is 0.0673. The van der Waals surface area contributed by atoms with Gasteiger partial charge in [-0.2, -0.15) is 0 Å². The van der Waals surface area contributed by atoms with Crippen molar-refractivity contribution in [2.45, 2.75) is 30.1 Å². The summed E-state index contributed by atoms with van der Waals surface area (Å²) in [7, 11) is 0. The van der Waals surface area contributed by atoms with E-state index in [0.29, 0.717) is 17.5 Å². The van der Waals surface area contributed by atoms with Gasteiger partial charge in [-0.3, -0.25) is 15.0 Å². The largest absolute Gasteiger partial charge is 0.264 e. The maximum Gasteiger partial charge on any atom is 0.160 e. The first kappa shape index (κ1) is 82.4. The highest BCUT2D eigenvalue weighted by Gasteiger charge is 2.52. The van der Waals surface area contributed by atoms with Crippen LogP contribution in [0, 0.1) is 0 Å². The first-order valence-electron chi connectivity index (χ1n) is 46.6. The van der Waals surface area contributed by atoms with Crippen LogP contribution >= 0.6 is 0 Å². The lowest BCUT2D eigenvalue weighted by Gasteiger charge is -2.34. The van der Waals surface area contributed by atoms with E-state index >= 15 is 0 Å². The predicted octanol–water partition coefficient (Wildman–Crippen LogP) is 30.6. The summed E-state index contributed by atoms with van der Waals surface area (Å²) in [5.41, 5.74) is 43.7. The van der Waals surface area contributed by atoms with E-state index in [1.807, 2.05) is 55.0 Å². The Hall–Kier alpha value is -17.8. The van der Waals surface area contributed by atoms with Crippen LogP contribution in [0.5, 0.6) is 0 Å². The summed E-state index contributed by atoms with van der Waals surface area (Å²) in [6.45, 7) is 4.62. The molecule has 26 rings (SSSR count). The molecule has 6 heterocycles. The van der Waals surface area contributed by atoms with Gasteiger partial charge in [-0.1, -0.05) is 414 Å². The van der Waals surface area contributed by atoms with Crippen LogP contribution in [0.3, 0.4) is 0 Å². The van der Waals surface area contributed by atoms with Crippen LogP contribution < -0.4 is 0 Å². The number of rotatable bonds is 14. The fraction of sp³-hybridized carbons (Fsp3) is 0.0391. The summed E-state index contributed by atoms with van der Waals surface area (Å²) in [5.74, 6) is 2.10. The smallest absolute Gasteiger partial charge is 0.160 e. The molecular formula is C128H87N9. The fourth-order valence-corrected chi connectivity index (χ4v) is 21.2. The van der Waals surface area contributed by atoms with Crippen molar-refractivity contribution >= 4 is 0 Å². The van der Waals surface area contributed by atoms with Crippen LogP contribution in [0.4, 0.5) is 0 Å². The Morgan fingerprint density at radius 2 is 0.380 bits per heavy atom. The number of nitrogens with zero attached hydrogens (tertiary/aromatic N) is 9. The Morgan fingerprint density at radius 3 is 0.693 bits per heavy atom. The molecule has 0 aliphatic heterocycles. The third-order valence-electron chi connectivity index (χ3n) is 27.7. The Labute approximate surface area is 796 Å². The van der Waals surface area contributed by atoms with Crippen LogP contribution in [0.1, 0.15) is 69.5 Å². The third kappa shape index (κ3) is 14.6. The molecule has 9 heteroatoms. The Balaban J connectivity index is 0.000000113. The second-order valence-corrected chi connectivity index (χ2v) is 35.8. The quantitative estimate of drug-likeness (QED) is 0.105. The molecule has 137 heavy (non-hydrogen) atoms. The van der Waals surface area contributed by atoms with Gasteiger partial charge in [0.25, 0.3) is 0 Å². The highest BCUT2D eigenvalue weighted by Crippen LogP contribution is 2.64. The summed E-state index contributed by atoms with van der Waals surface area (Å²) in [6.07, 6.45) is 11.0. The van der Waals surface area contributed by atoms with Gasteiger partial charge in [0.1, 0.15) is 0 Å². The highest BCUT2D eigenvalue weighted by atomic mass is 14.9. The molecule has 644 valence electrons. The molecule has 0 amide bonds. The molecule has 0 atom stereocenters. The van der Waals surface area contributed by atoms with Gasteiger partial charge in [-0.05, 0) is 188 Å². The number of benzene rings is 16. The molecule has 0 unspecified atom stereocenters. The maximum atomic E-state index is 5.26. The first-order chi connectivity index (χ1) is 67.6. The molecule has 0 saturated heterocycles. The van der Waals surface area contributed by atoms with Crippen molar-refractivity contribution < 1.29 is 0 Å². The zero-order valence-corrected chi connectivity index (χ0v) is 75.3. The molecule has 6 aromatic heterocycles. The molecule has 16 aromatic carbocycles. The lowest BCUT2D eigenvalue weighted by atomic mass is 9.67. The van der Waals surface area contributed by atoms with Crippen molar-refractivity contribution in [2.24, 2.45) is 0 Å². The van der Waals surface area contributed by atoms with Crippen molar-refractivity contribution in [2.75, 3.05) is 0 Å². The maximum absolute atomic E-state index is 5.26. The average Bonchev–Trinajstić information content (AvgIpc) is 1.49. The molecule has 1 spiro atoms. The van der Waals surface area contributed by atoms with E-state index in [4.69, 9.17) is 29.9 Å². The van der Waals surface area contributed by atoms with Gasteiger partial charge in [0.05, 0.1) is 45.0 Å². The molecule has 0 radical (unpaired) electrons. The van der Waals surface area contributed by atoms with Crippen molar-refractivity contribution in [3.05, 3.63) is 548 Å². The van der Waals surface area contributed by atoms with Gasteiger partial charge in [0, 0.05) is 92.7 Å². The lowest BCUT2D eigenvalue weighted by molar-refractivity contribution is 0.660. The highest BCUT2D eigenvalue weighted by molar-refractivity contribution is 5.97. The first-order valence-corrected chi connectivity index (χ1v) is 46.6. The normalized spacial score (nSPS) is 12.9. The second-order valence-electron chi connectivity index (χ2n) is 35.8. The molecule has 0 bridgehead atoms. The van der Waals surface area contributed by atoms with Gasteiger partial charge < -0.3 is 0 Å². The number of hydrogen-bond acceptors (Lipinski definition) is 9. The SMILES string of the molecule is CC1(C)c2ccccc2-c2ccc(-c3cc(-c4ccccc4)nc(-c4ccc(-c5cccnc5)cc4)n3)cc21.c1ccc(-c2cc(-c3ccc4c(c3)C(c3ccccc3)(c3ccccc3)c3ccccc3-4)nc(-c3ccc(-c4cccnc4)cc3)n2)cc1.c1ccc(-c2cc(-c3ccc4c(c3)C3(c5ccccc5-c5ccccc53)c3ccccc3-4)nc(-c3ccc(-c4cccnc4)cc3)n2)cc1. The van der Waals surface area contributed by atoms with Crippen LogP contribution in [-0.2, 0) is 16.2 Å². The van der Waals surface area contributed by atoms with Crippen molar-refractivity contribution in [1.82, 2.24) is 44.9 Å². The monoisotopic (exact) mass is 1750 g/mol. The Bertz CT molecular complexity index is 7920. The molecule has 4 aliphatic rings. The lowest BCUT2D eigenvalue weighted by Crippen LogP contribution is -2.28. The van der Waals surface area contributed by atoms with E-state index in [1.165, 1.54) is 100 Å². The molecule has 0 saturated carbocycles. The number of aromatic nitrogens is 9. The molecule has 0 fully saturated rings. The number of fused-ring (bicyclic) bond motifs is 16. The zero-order valence-electron chi connectivity index (χ0n) is 75.3. The predicted molar refractivity (Wildman–Crippen MR) is 556 cm³/mol. The topological polar surface area (TPSA) is 116 Å². The van der Waals surface area contributed by atoms with Crippen LogP contribution in [-0.4, -0.2) is 44.9 Å². The van der Waals surface area contributed by atoms with E-state index < -0.39 is 10.8 Å². The molecule has 0 N–H and O–H groups in total. The summed E-state index contributed by atoms with van der Waals surface area (Å²) in [5, 5.41) is 0. The third-order valence-corrected chi connectivity index (χ3v) is 27.7. The van der Waals surface area contributed by atoms with E-state index in [1.54, 1.807) is 18.6 Å². The zero-order chi connectivity index (χ0) is 91.4. The Morgan fingerprint density at radius 1 is 0.153 bits per heavy atom. The van der Waals surface area contributed by atoms with E-state index in [0.717, 1.165) is 118 Å². The molecule has 9 nitrogen and oxygen atoms in total. The van der Waals surface area contributed by atoms with E-state index in [-0.39, 0.29) is 5.41 Å². The van der Waals surface area contributed by atoms with Crippen molar-refractivity contribution in [3.8, 4) is 180 Å². The molecule has 22 aromatic rings. The van der Waals surface area contributed by atoms with Gasteiger partial charge in [-0.25, -0.2) is 29.9 Å². The molecular weight excluding hydrogens is 1660 g/mol. The minimum Gasteiger partial charge on any atom is -0.264 e. The molecule has 4 aliphatic carbocycles. The summed E-state index contributed by atoms with van der Waals surface area (Å²) < 4.78 is 0. The van der Waals surface area contributed by atoms with Crippen molar-refractivity contribution in [1.29, 1.82) is 0 Å². The fourth-order valence-electron chi connectivity index (χ4n) is 21.2. The van der Waals surface area contributed by atoms with Crippen LogP contribution in [0.25, 0.3) is 180 Å². The summed E-state index contributed by atoms with van der Waals surface area (Å²) in [4.78, 5) is 43.7. The minimum atomic E-state index is -0.481. The standard InChI is InChI=1S/C46H29N3.C46H31N3.C36H27N3/c1-2-11-31(12-3-1)43-28-44(49-45(48-43)32-22-20-30(21-23-32)34-13-10-26-47-29-34)33-24-25-38-37-16-6-9-19-41(37)46(42(38)27-33)39-17-7-4-14-35(39)36-15-5-8-18-40(36)46;1-4-13-33(14-5-1)43-30-44(49-45(48-43)34-24-22-32(23-25-34)36-15-12-28-47-31-36)35-26-27-40-39-20-10-11-21-41(39)46(42(40)29-35,37-16-6-2-7-17-37)38-18-8-3-9-19-38;1-36(2)31-13-7-6-12-29(31)30-19-18-27(21-32(30)36)34-22-33(25-9-4-3-5-10-25)38-35(39-34)26-16-14-24(15-17-26)28-11-8-20-37-23-28/h1-29H;1-31H;3-23H,1-2H3. The summed E-state index contributed by atoms with van der Waals surface area (Å²) in [6, 6.07) is 162. The average molecular weight is 1750 g/mol. The number of hydrogen-bond donors (Lipinski definition) is 0. The number of pyridine rings is 3. The summed E-state index contributed by atoms with van der Waals surface area (Å²) >= 11 is 0.